The Morgan fingerprint density at radius 1 is 1.33 bits per heavy atom. The molecule has 0 saturated heterocycles. The van der Waals surface area contributed by atoms with Gasteiger partial charge in [-0.3, -0.25) is 9.52 Å². The maximum Gasteiger partial charge on any atom is 0.265 e. The Kier molecular flexibility index (Phi) is 4.50. The number of primary amides is 1. The van der Waals surface area contributed by atoms with Crippen LogP contribution in [0.15, 0.2) is 45.9 Å². The molecule has 9 heteroatoms. The summed E-state index contributed by atoms with van der Waals surface area (Å²) in [5.74, 6) is -0.744. The van der Waals surface area contributed by atoms with Gasteiger partial charge in [0.05, 0.1) is 11.3 Å². The second kappa shape index (κ2) is 6.00. The molecule has 0 spiro atoms. The van der Waals surface area contributed by atoms with Crippen molar-refractivity contribution < 1.29 is 13.2 Å². The van der Waals surface area contributed by atoms with Crippen LogP contribution in [-0.2, 0) is 10.0 Å². The molecule has 0 unspecified atom stereocenters. The molecule has 0 fully saturated rings. The molecule has 0 aliphatic carbocycles. The molecule has 0 atom stereocenters. The summed E-state index contributed by atoms with van der Waals surface area (Å²) in [5.41, 5.74) is 5.33. The van der Waals surface area contributed by atoms with Crippen LogP contribution in [0, 0.1) is 0 Å². The van der Waals surface area contributed by atoms with Crippen molar-refractivity contribution in [2.45, 2.75) is 4.90 Å². The first-order valence-electron chi connectivity index (χ1n) is 5.54. The Hall–Kier alpha value is -1.64. The summed E-state index contributed by atoms with van der Waals surface area (Å²) < 4.78 is 27.4. The lowest BCUT2D eigenvalue weighted by Crippen LogP contribution is -2.19. The van der Waals surface area contributed by atoms with Crippen molar-refractivity contribution in [2.75, 3.05) is 4.72 Å². The molecule has 0 aliphatic rings. The highest BCUT2D eigenvalue weighted by Gasteiger charge is 2.21. The highest BCUT2D eigenvalue weighted by molar-refractivity contribution is 9.10. The normalized spacial score (nSPS) is 11.1. The van der Waals surface area contributed by atoms with Gasteiger partial charge in [-0.1, -0.05) is 23.7 Å². The highest BCUT2D eigenvalue weighted by atomic mass is 79.9. The molecule has 1 heterocycles. The number of nitrogens with two attached hydrogens (primary N) is 1. The fourth-order valence-corrected chi connectivity index (χ4v) is 3.60. The molecule has 1 amide bonds. The van der Waals surface area contributed by atoms with Gasteiger partial charge in [-0.25, -0.2) is 13.4 Å². The van der Waals surface area contributed by atoms with E-state index in [-0.39, 0.29) is 21.3 Å². The maximum absolute atomic E-state index is 12.3. The number of nitrogens with one attached hydrogen (secondary N) is 1. The number of halogens is 2. The van der Waals surface area contributed by atoms with Crippen LogP contribution in [0.25, 0.3) is 0 Å². The molecule has 2 aromatic rings. The molecule has 110 valence electrons. The third-order valence-electron chi connectivity index (χ3n) is 2.50. The van der Waals surface area contributed by atoms with Gasteiger partial charge in [-0.15, -0.1) is 0 Å². The second-order valence-electron chi connectivity index (χ2n) is 3.96. The number of carbonyl (C=O) groups excluding carboxylic acids is 1. The molecule has 1 aromatic heterocycles. The van der Waals surface area contributed by atoms with E-state index in [2.05, 4.69) is 25.6 Å². The van der Waals surface area contributed by atoms with Crippen molar-refractivity contribution in [3.63, 3.8) is 0 Å². The van der Waals surface area contributed by atoms with Crippen molar-refractivity contribution in [1.82, 2.24) is 4.98 Å². The van der Waals surface area contributed by atoms with Gasteiger partial charge >= 0.3 is 0 Å². The zero-order valence-corrected chi connectivity index (χ0v) is 13.5. The molecule has 6 nitrogen and oxygen atoms in total. The van der Waals surface area contributed by atoms with Crippen LogP contribution in [-0.4, -0.2) is 19.3 Å². The Balaban J connectivity index is 2.48. The summed E-state index contributed by atoms with van der Waals surface area (Å²) in [4.78, 5) is 14.8. The Morgan fingerprint density at radius 3 is 2.67 bits per heavy atom. The van der Waals surface area contributed by atoms with Crippen LogP contribution in [0.5, 0.6) is 0 Å². The van der Waals surface area contributed by atoms with Crippen molar-refractivity contribution in [3.05, 3.63) is 51.7 Å². The Morgan fingerprint density at radius 2 is 2.00 bits per heavy atom. The van der Waals surface area contributed by atoms with E-state index in [1.807, 2.05) is 0 Å². The summed E-state index contributed by atoms with van der Waals surface area (Å²) in [6.07, 6.45) is 1.37. The van der Waals surface area contributed by atoms with Gasteiger partial charge in [-0.05, 0) is 34.1 Å². The van der Waals surface area contributed by atoms with Gasteiger partial charge in [0.2, 0.25) is 0 Å². The molecule has 21 heavy (non-hydrogen) atoms. The topological polar surface area (TPSA) is 102 Å². The number of pyridine rings is 1. The fourth-order valence-electron chi connectivity index (χ4n) is 1.58. The van der Waals surface area contributed by atoms with Crippen LogP contribution in [0.3, 0.4) is 0 Å². The largest absolute Gasteiger partial charge is 0.366 e. The lowest BCUT2D eigenvalue weighted by atomic mass is 10.2. The predicted molar refractivity (Wildman–Crippen MR) is 82.7 cm³/mol. The van der Waals surface area contributed by atoms with E-state index in [0.29, 0.717) is 4.47 Å². The highest BCUT2D eigenvalue weighted by Crippen LogP contribution is 2.26. The van der Waals surface area contributed by atoms with Crippen LogP contribution >= 0.6 is 27.5 Å². The second-order valence-corrected chi connectivity index (χ2v) is 6.88. The summed E-state index contributed by atoms with van der Waals surface area (Å²) in [5, 5.41) is -0.178. The first-order chi connectivity index (χ1) is 9.81. The molecular weight excluding hydrogens is 382 g/mol. The number of para-hydroxylation sites is 1. The average Bonchev–Trinajstić information content (AvgIpc) is 2.41. The quantitative estimate of drug-likeness (QED) is 0.782. The molecule has 0 saturated carbocycles. The summed E-state index contributed by atoms with van der Waals surface area (Å²) in [6.45, 7) is 0. The predicted octanol–water partition coefficient (Wildman–Crippen LogP) is 2.40. The van der Waals surface area contributed by atoms with Gasteiger partial charge in [0, 0.05) is 10.7 Å². The van der Waals surface area contributed by atoms with E-state index in [4.69, 9.17) is 17.3 Å². The molecule has 0 radical (unpaired) electrons. The van der Waals surface area contributed by atoms with E-state index in [1.165, 1.54) is 24.4 Å². The van der Waals surface area contributed by atoms with Crippen molar-refractivity contribution in [3.8, 4) is 0 Å². The van der Waals surface area contributed by atoms with Crippen molar-refractivity contribution >= 4 is 49.1 Å². The van der Waals surface area contributed by atoms with Crippen LogP contribution < -0.4 is 10.5 Å². The monoisotopic (exact) mass is 389 g/mol. The van der Waals surface area contributed by atoms with Gasteiger partial charge in [0.15, 0.2) is 0 Å². The molecule has 0 bridgehead atoms. The summed E-state index contributed by atoms with van der Waals surface area (Å²) in [6, 6.07) is 7.30. The molecule has 0 aliphatic heterocycles. The Bertz CT molecular complexity index is 811. The SMILES string of the molecule is NC(=O)c1ccccc1NS(=O)(=O)c1cc(Br)cnc1Cl. The number of benzene rings is 1. The number of anilines is 1. The number of aromatic nitrogens is 1. The number of amides is 1. The lowest BCUT2D eigenvalue weighted by molar-refractivity contribution is 0.100. The van der Waals surface area contributed by atoms with Crippen molar-refractivity contribution in [1.29, 1.82) is 0 Å². The minimum atomic E-state index is -4.00. The maximum atomic E-state index is 12.3. The number of hydrogen-bond acceptors (Lipinski definition) is 4. The zero-order chi connectivity index (χ0) is 15.6. The average molecular weight is 391 g/mol. The van der Waals surface area contributed by atoms with E-state index in [9.17, 15) is 13.2 Å². The number of sulfonamides is 1. The third-order valence-corrected chi connectivity index (χ3v) is 4.73. The minimum Gasteiger partial charge on any atom is -0.366 e. The number of rotatable bonds is 4. The van der Waals surface area contributed by atoms with Gasteiger partial charge in [-0.2, -0.15) is 0 Å². The molecular formula is C12H9BrClN3O3S. The van der Waals surface area contributed by atoms with E-state index in [0.717, 1.165) is 0 Å². The van der Waals surface area contributed by atoms with Gasteiger partial charge < -0.3 is 5.73 Å². The Labute approximate surface area is 134 Å². The van der Waals surface area contributed by atoms with Crippen LogP contribution in [0.4, 0.5) is 5.69 Å². The first kappa shape index (κ1) is 15.7. The van der Waals surface area contributed by atoms with Gasteiger partial charge in [0.1, 0.15) is 10.0 Å². The molecule has 2 rings (SSSR count). The number of hydrogen-bond donors (Lipinski definition) is 2. The lowest BCUT2D eigenvalue weighted by Gasteiger charge is -2.11. The fraction of sp³-hybridized carbons (Fsp3) is 0. The van der Waals surface area contributed by atoms with E-state index in [1.54, 1.807) is 12.1 Å². The molecule has 1 aromatic carbocycles. The van der Waals surface area contributed by atoms with E-state index < -0.39 is 15.9 Å². The number of nitrogens with zero attached hydrogens (tertiary/aromatic N) is 1. The van der Waals surface area contributed by atoms with Gasteiger partial charge in [0.25, 0.3) is 15.9 Å². The van der Waals surface area contributed by atoms with Crippen LogP contribution in [0.1, 0.15) is 10.4 Å². The van der Waals surface area contributed by atoms with Crippen LogP contribution in [0.2, 0.25) is 5.15 Å². The summed E-state index contributed by atoms with van der Waals surface area (Å²) in [7, 11) is -4.00. The molecule has 3 N–H and O–H groups in total. The number of carbonyl (C=O) groups is 1. The third kappa shape index (κ3) is 3.52. The standard InChI is InChI=1S/C12H9BrClN3O3S/c13-7-5-10(11(14)16-6-7)21(19,20)17-9-4-2-1-3-8(9)12(15)18/h1-6,17H,(H2,15,18). The van der Waals surface area contributed by atoms with Crippen molar-refractivity contribution in [2.24, 2.45) is 5.73 Å². The van der Waals surface area contributed by atoms with E-state index >= 15 is 0 Å². The zero-order valence-electron chi connectivity index (χ0n) is 10.4. The first-order valence-corrected chi connectivity index (χ1v) is 8.19. The minimum absolute atomic E-state index is 0.0557. The summed E-state index contributed by atoms with van der Waals surface area (Å²) >= 11 is 8.93. The smallest absolute Gasteiger partial charge is 0.265 e.